The van der Waals surface area contributed by atoms with Crippen LogP contribution in [0.25, 0.3) is 11.1 Å². The monoisotopic (exact) mass is 379 g/mol. The minimum absolute atomic E-state index is 0.0470. The Bertz CT molecular complexity index is 1070. The molecule has 0 bridgehead atoms. The summed E-state index contributed by atoms with van der Waals surface area (Å²) >= 11 is 0. The summed E-state index contributed by atoms with van der Waals surface area (Å²) in [6, 6.07) is 32.5. The molecular weight excluding hydrogens is 356 g/mol. The lowest BCUT2D eigenvalue weighted by Gasteiger charge is -2.10. The normalized spacial score (nSPS) is 10.5. The van der Waals surface area contributed by atoms with Gasteiger partial charge in [0.2, 0.25) is 6.54 Å². The van der Waals surface area contributed by atoms with E-state index in [1.54, 1.807) is 0 Å². The van der Waals surface area contributed by atoms with E-state index in [-0.39, 0.29) is 12.5 Å². The van der Waals surface area contributed by atoms with Gasteiger partial charge in [-0.05, 0) is 29.2 Å². The van der Waals surface area contributed by atoms with E-state index in [9.17, 15) is 4.79 Å². The Balaban J connectivity index is 1.42. The minimum atomic E-state index is -0.0470. The number of carbonyl (C=O) groups is 1. The summed E-state index contributed by atoms with van der Waals surface area (Å²) in [5, 5.41) is 3.05. The van der Waals surface area contributed by atoms with Crippen LogP contribution in [0.5, 0.6) is 0 Å². The zero-order chi connectivity index (χ0) is 19.9. The van der Waals surface area contributed by atoms with E-state index in [4.69, 9.17) is 0 Å². The van der Waals surface area contributed by atoms with Gasteiger partial charge < -0.3 is 5.32 Å². The van der Waals surface area contributed by atoms with Gasteiger partial charge in [-0.2, -0.15) is 4.57 Å². The van der Waals surface area contributed by atoms with Gasteiger partial charge in [-0.25, -0.2) is 0 Å². The molecule has 142 valence electrons. The minimum Gasteiger partial charge on any atom is -0.320 e. The Morgan fingerprint density at radius 3 is 2.00 bits per heavy atom. The van der Waals surface area contributed by atoms with Gasteiger partial charge in [0.05, 0.1) is 0 Å². The number of aromatic nitrogens is 1. The van der Waals surface area contributed by atoms with Crippen molar-refractivity contribution in [2.45, 2.75) is 13.0 Å². The molecule has 1 N–H and O–H groups in total. The fourth-order valence-electron chi connectivity index (χ4n) is 3.36. The van der Waals surface area contributed by atoms with Crippen molar-refractivity contribution in [1.29, 1.82) is 0 Å². The van der Waals surface area contributed by atoms with Crippen molar-refractivity contribution in [3.05, 3.63) is 121 Å². The molecule has 0 atom stereocenters. The molecule has 0 aliphatic heterocycles. The van der Waals surface area contributed by atoms with Gasteiger partial charge in [-0.1, -0.05) is 78.9 Å². The second-order valence-electron chi connectivity index (χ2n) is 7.00. The van der Waals surface area contributed by atoms with Crippen molar-refractivity contribution in [3.63, 3.8) is 0 Å². The molecule has 0 saturated carbocycles. The van der Waals surface area contributed by atoms with E-state index in [0.29, 0.717) is 0 Å². The highest BCUT2D eigenvalue weighted by molar-refractivity contribution is 5.94. The molecule has 1 amide bonds. The average molecular weight is 379 g/mol. The fraction of sp³-hybridized carbons (Fsp3) is 0.0769. The first-order chi connectivity index (χ1) is 14.3. The maximum atomic E-state index is 12.6. The van der Waals surface area contributed by atoms with E-state index >= 15 is 0 Å². The van der Waals surface area contributed by atoms with Crippen LogP contribution in [-0.2, 0) is 17.8 Å². The summed E-state index contributed by atoms with van der Waals surface area (Å²) in [5.74, 6) is -0.0470. The molecule has 29 heavy (non-hydrogen) atoms. The number of carbonyl (C=O) groups excluding carboxylic acids is 1. The van der Waals surface area contributed by atoms with Crippen LogP contribution in [0.2, 0.25) is 0 Å². The fourth-order valence-corrected chi connectivity index (χ4v) is 3.36. The maximum absolute atomic E-state index is 12.6. The molecule has 0 fully saturated rings. The lowest BCUT2D eigenvalue weighted by atomic mass is 10.0. The lowest BCUT2D eigenvalue weighted by molar-refractivity contribution is -0.684. The van der Waals surface area contributed by atoms with Crippen LogP contribution in [-0.4, -0.2) is 5.91 Å². The smallest absolute Gasteiger partial charge is 0.290 e. The Labute approximate surface area is 171 Å². The van der Waals surface area contributed by atoms with Gasteiger partial charge in [0.1, 0.15) is 0 Å². The molecule has 3 aromatic carbocycles. The predicted molar refractivity (Wildman–Crippen MR) is 116 cm³/mol. The van der Waals surface area contributed by atoms with Gasteiger partial charge in [-0.3, -0.25) is 4.79 Å². The maximum Gasteiger partial charge on any atom is 0.290 e. The van der Waals surface area contributed by atoms with Crippen LogP contribution in [0.4, 0.5) is 5.69 Å². The summed E-state index contributed by atoms with van der Waals surface area (Å²) in [6.07, 6.45) is 4.81. The Morgan fingerprint density at radius 2 is 1.28 bits per heavy atom. The van der Waals surface area contributed by atoms with Crippen LogP contribution in [0.15, 0.2) is 109 Å². The Kier molecular flexibility index (Phi) is 5.77. The highest BCUT2D eigenvalue weighted by Crippen LogP contribution is 2.27. The second-order valence-corrected chi connectivity index (χ2v) is 7.00. The third kappa shape index (κ3) is 4.96. The number of nitrogens with one attached hydrogen (secondary N) is 1. The van der Waals surface area contributed by atoms with Crippen LogP contribution < -0.4 is 9.88 Å². The number of nitrogens with zero attached hydrogens (tertiary/aromatic N) is 1. The molecule has 4 aromatic rings. The number of rotatable bonds is 6. The van der Waals surface area contributed by atoms with Crippen LogP contribution >= 0.6 is 0 Å². The van der Waals surface area contributed by atoms with Crippen molar-refractivity contribution in [2.75, 3.05) is 5.32 Å². The van der Waals surface area contributed by atoms with E-state index in [2.05, 4.69) is 41.7 Å². The van der Waals surface area contributed by atoms with Crippen LogP contribution in [0.3, 0.4) is 0 Å². The van der Waals surface area contributed by atoms with Crippen molar-refractivity contribution < 1.29 is 9.36 Å². The average Bonchev–Trinajstić information content (AvgIpc) is 2.77. The standard InChI is InChI=1S/C26H22N2O/c29-26(27-25-14-8-7-13-24(25)23-11-5-2-6-12-23)20-28-17-15-22(16-18-28)19-21-9-3-1-4-10-21/h1-18H,19-20H2/p+1. The van der Waals surface area contributed by atoms with E-state index in [1.165, 1.54) is 11.1 Å². The van der Waals surface area contributed by atoms with Crippen molar-refractivity contribution in [3.8, 4) is 11.1 Å². The number of pyridine rings is 1. The zero-order valence-electron chi connectivity index (χ0n) is 16.2. The van der Waals surface area contributed by atoms with Gasteiger partial charge in [0.15, 0.2) is 12.4 Å². The first-order valence-corrected chi connectivity index (χ1v) is 9.74. The molecule has 0 saturated heterocycles. The van der Waals surface area contributed by atoms with Crippen molar-refractivity contribution in [1.82, 2.24) is 0 Å². The number of hydrogen-bond donors (Lipinski definition) is 1. The topological polar surface area (TPSA) is 33.0 Å². The molecule has 0 aliphatic rings. The quantitative estimate of drug-likeness (QED) is 0.476. The molecule has 3 heteroatoms. The van der Waals surface area contributed by atoms with E-state index in [1.807, 2.05) is 77.6 Å². The number of benzene rings is 3. The van der Waals surface area contributed by atoms with Gasteiger partial charge in [-0.15, -0.1) is 0 Å². The van der Waals surface area contributed by atoms with E-state index < -0.39 is 0 Å². The summed E-state index contributed by atoms with van der Waals surface area (Å²) in [5.41, 5.74) is 5.43. The highest BCUT2D eigenvalue weighted by Gasteiger charge is 2.12. The molecule has 0 unspecified atom stereocenters. The third-order valence-corrected chi connectivity index (χ3v) is 4.82. The number of amides is 1. The van der Waals surface area contributed by atoms with Crippen molar-refractivity contribution >= 4 is 11.6 Å². The summed E-state index contributed by atoms with van der Waals surface area (Å²) in [7, 11) is 0. The van der Waals surface area contributed by atoms with Gasteiger partial charge >= 0.3 is 0 Å². The zero-order valence-corrected chi connectivity index (χ0v) is 16.2. The number of para-hydroxylation sites is 1. The Morgan fingerprint density at radius 1 is 0.690 bits per heavy atom. The molecule has 0 radical (unpaired) electrons. The molecular formula is C26H23N2O+. The second kappa shape index (κ2) is 8.98. The Hall–Kier alpha value is -3.72. The van der Waals surface area contributed by atoms with Gasteiger partial charge in [0, 0.05) is 23.4 Å². The molecule has 1 aromatic heterocycles. The summed E-state index contributed by atoms with van der Waals surface area (Å²) in [6.45, 7) is 0.273. The number of anilines is 1. The first kappa shape index (κ1) is 18.6. The first-order valence-electron chi connectivity index (χ1n) is 9.74. The molecule has 0 spiro atoms. The highest BCUT2D eigenvalue weighted by atomic mass is 16.1. The third-order valence-electron chi connectivity index (χ3n) is 4.82. The molecule has 3 nitrogen and oxygen atoms in total. The van der Waals surface area contributed by atoms with Gasteiger partial charge in [0.25, 0.3) is 5.91 Å². The molecule has 1 heterocycles. The lowest BCUT2D eigenvalue weighted by Crippen LogP contribution is -2.39. The largest absolute Gasteiger partial charge is 0.320 e. The predicted octanol–water partition coefficient (Wildman–Crippen LogP) is 4.87. The van der Waals surface area contributed by atoms with E-state index in [0.717, 1.165) is 23.2 Å². The van der Waals surface area contributed by atoms with Crippen LogP contribution in [0, 0.1) is 0 Å². The molecule has 4 rings (SSSR count). The van der Waals surface area contributed by atoms with Crippen LogP contribution in [0.1, 0.15) is 11.1 Å². The summed E-state index contributed by atoms with van der Waals surface area (Å²) < 4.78 is 1.90. The van der Waals surface area contributed by atoms with Crippen molar-refractivity contribution in [2.24, 2.45) is 0 Å². The molecule has 0 aliphatic carbocycles. The SMILES string of the molecule is O=C(C[n+]1ccc(Cc2ccccc2)cc1)Nc1ccccc1-c1ccccc1. The summed E-state index contributed by atoms with van der Waals surface area (Å²) in [4.78, 5) is 12.6. The number of hydrogen-bond acceptors (Lipinski definition) is 1.